The van der Waals surface area contributed by atoms with Crippen molar-refractivity contribution in [1.82, 2.24) is 4.90 Å². The molecule has 0 fully saturated rings. The molecule has 1 amide bonds. The number of hydrogen-bond donors (Lipinski definition) is 0. The van der Waals surface area contributed by atoms with E-state index in [-0.39, 0.29) is 11.7 Å². The van der Waals surface area contributed by atoms with E-state index < -0.39 is 9.84 Å². The van der Waals surface area contributed by atoms with E-state index >= 15 is 0 Å². The van der Waals surface area contributed by atoms with Gasteiger partial charge in [0.25, 0.3) is 5.91 Å². The SMILES string of the molecule is Cc1ccccc1CN(C)C(=O)c1cccc(CS(C)(=O)=O)c1. The fourth-order valence-electron chi connectivity index (χ4n) is 2.43. The highest BCUT2D eigenvalue weighted by molar-refractivity contribution is 7.89. The van der Waals surface area contributed by atoms with Crippen LogP contribution >= 0.6 is 0 Å². The topological polar surface area (TPSA) is 54.5 Å². The fourth-order valence-corrected chi connectivity index (χ4v) is 3.22. The van der Waals surface area contributed by atoms with Gasteiger partial charge in [0.15, 0.2) is 9.84 Å². The number of carbonyl (C=O) groups is 1. The zero-order chi connectivity index (χ0) is 17.0. The lowest BCUT2D eigenvalue weighted by Gasteiger charge is -2.19. The van der Waals surface area contributed by atoms with Gasteiger partial charge in [-0.25, -0.2) is 8.42 Å². The summed E-state index contributed by atoms with van der Waals surface area (Å²) in [6.07, 6.45) is 1.19. The molecule has 4 nitrogen and oxygen atoms in total. The summed E-state index contributed by atoms with van der Waals surface area (Å²) in [5, 5.41) is 0. The van der Waals surface area contributed by atoms with E-state index in [2.05, 4.69) is 0 Å². The van der Waals surface area contributed by atoms with E-state index in [1.54, 1.807) is 36.2 Å². The van der Waals surface area contributed by atoms with E-state index in [4.69, 9.17) is 0 Å². The highest BCUT2D eigenvalue weighted by Gasteiger charge is 2.14. The first-order valence-electron chi connectivity index (χ1n) is 7.33. The second-order valence-corrected chi connectivity index (χ2v) is 8.00. The van der Waals surface area contributed by atoms with Crippen LogP contribution in [0.4, 0.5) is 0 Å². The van der Waals surface area contributed by atoms with E-state index in [1.807, 2.05) is 31.2 Å². The summed E-state index contributed by atoms with van der Waals surface area (Å²) >= 11 is 0. The third-order valence-electron chi connectivity index (χ3n) is 3.62. The maximum atomic E-state index is 12.6. The van der Waals surface area contributed by atoms with E-state index in [0.717, 1.165) is 11.1 Å². The monoisotopic (exact) mass is 331 g/mol. The van der Waals surface area contributed by atoms with Crippen LogP contribution in [0.25, 0.3) is 0 Å². The minimum absolute atomic E-state index is 0.0599. The lowest BCUT2D eigenvalue weighted by atomic mass is 10.1. The number of nitrogens with zero attached hydrogens (tertiary/aromatic N) is 1. The lowest BCUT2D eigenvalue weighted by Crippen LogP contribution is -2.26. The Labute approximate surface area is 137 Å². The Morgan fingerprint density at radius 1 is 1.09 bits per heavy atom. The first kappa shape index (κ1) is 17.2. The molecule has 122 valence electrons. The highest BCUT2D eigenvalue weighted by Crippen LogP contribution is 2.14. The van der Waals surface area contributed by atoms with Crippen LogP contribution in [0.5, 0.6) is 0 Å². The second-order valence-electron chi connectivity index (χ2n) is 5.86. The summed E-state index contributed by atoms with van der Waals surface area (Å²) in [4.78, 5) is 14.2. The first-order chi connectivity index (χ1) is 10.8. The van der Waals surface area contributed by atoms with Gasteiger partial charge in [0, 0.05) is 25.4 Å². The van der Waals surface area contributed by atoms with Gasteiger partial charge >= 0.3 is 0 Å². The molecule has 2 rings (SSSR count). The van der Waals surface area contributed by atoms with Crippen molar-refractivity contribution in [2.45, 2.75) is 19.2 Å². The van der Waals surface area contributed by atoms with Crippen LogP contribution in [-0.4, -0.2) is 32.5 Å². The average Bonchev–Trinajstić information content (AvgIpc) is 2.47. The van der Waals surface area contributed by atoms with Crippen LogP contribution in [0, 0.1) is 6.92 Å². The van der Waals surface area contributed by atoms with Crippen LogP contribution in [0.3, 0.4) is 0 Å². The molecule has 0 N–H and O–H groups in total. The van der Waals surface area contributed by atoms with Crippen molar-refractivity contribution < 1.29 is 13.2 Å². The van der Waals surface area contributed by atoms with E-state index in [9.17, 15) is 13.2 Å². The molecule has 0 atom stereocenters. The van der Waals surface area contributed by atoms with Gasteiger partial charge in [-0.15, -0.1) is 0 Å². The summed E-state index contributed by atoms with van der Waals surface area (Å²) in [5.41, 5.74) is 3.36. The molecular weight excluding hydrogens is 310 g/mol. The zero-order valence-corrected chi connectivity index (χ0v) is 14.4. The molecule has 0 spiro atoms. The Bertz CT molecular complexity index is 813. The number of aryl methyl sites for hydroxylation is 1. The Hall–Kier alpha value is -2.14. The third-order valence-corrected chi connectivity index (χ3v) is 4.48. The van der Waals surface area contributed by atoms with Crippen molar-refractivity contribution in [3.8, 4) is 0 Å². The molecule has 2 aromatic carbocycles. The van der Waals surface area contributed by atoms with Gasteiger partial charge in [-0.05, 0) is 35.7 Å². The Morgan fingerprint density at radius 3 is 2.43 bits per heavy atom. The Balaban J connectivity index is 2.16. The molecule has 0 aromatic heterocycles. The maximum absolute atomic E-state index is 12.6. The summed E-state index contributed by atoms with van der Waals surface area (Å²) in [6.45, 7) is 2.53. The Morgan fingerprint density at radius 2 is 1.78 bits per heavy atom. The molecule has 0 aliphatic heterocycles. The minimum atomic E-state index is -3.12. The number of amides is 1. The lowest BCUT2D eigenvalue weighted by molar-refractivity contribution is 0.0785. The predicted molar refractivity (Wildman–Crippen MR) is 92.0 cm³/mol. The largest absolute Gasteiger partial charge is 0.337 e. The zero-order valence-electron chi connectivity index (χ0n) is 13.6. The van der Waals surface area contributed by atoms with Gasteiger partial charge in [0.1, 0.15) is 0 Å². The molecule has 0 saturated carbocycles. The number of sulfone groups is 1. The minimum Gasteiger partial charge on any atom is -0.337 e. The van der Waals surface area contributed by atoms with Crippen LogP contribution in [0.1, 0.15) is 27.0 Å². The van der Waals surface area contributed by atoms with Crippen molar-refractivity contribution in [1.29, 1.82) is 0 Å². The van der Waals surface area contributed by atoms with Crippen molar-refractivity contribution in [2.75, 3.05) is 13.3 Å². The molecule has 0 heterocycles. The van der Waals surface area contributed by atoms with Gasteiger partial charge in [-0.1, -0.05) is 36.4 Å². The van der Waals surface area contributed by atoms with Crippen molar-refractivity contribution in [2.24, 2.45) is 0 Å². The van der Waals surface area contributed by atoms with E-state index in [0.29, 0.717) is 17.7 Å². The number of rotatable bonds is 5. The van der Waals surface area contributed by atoms with Gasteiger partial charge in [0.05, 0.1) is 5.75 Å². The maximum Gasteiger partial charge on any atom is 0.253 e. The molecule has 2 aromatic rings. The Kier molecular flexibility index (Phi) is 5.21. The van der Waals surface area contributed by atoms with Crippen molar-refractivity contribution in [3.05, 3.63) is 70.8 Å². The van der Waals surface area contributed by atoms with Crippen LogP contribution < -0.4 is 0 Å². The molecule has 0 bridgehead atoms. The average molecular weight is 331 g/mol. The first-order valence-corrected chi connectivity index (χ1v) is 9.39. The summed E-state index contributed by atoms with van der Waals surface area (Å²) in [6, 6.07) is 14.7. The third kappa shape index (κ3) is 4.93. The smallest absolute Gasteiger partial charge is 0.253 e. The molecular formula is C18H21NO3S. The van der Waals surface area contributed by atoms with Gasteiger partial charge in [-0.3, -0.25) is 4.79 Å². The van der Waals surface area contributed by atoms with Crippen molar-refractivity contribution >= 4 is 15.7 Å². The molecule has 0 saturated heterocycles. The molecule has 0 aliphatic rings. The molecule has 0 aliphatic carbocycles. The highest BCUT2D eigenvalue weighted by atomic mass is 32.2. The second kappa shape index (κ2) is 6.96. The molecule has 0 unspecified atom stereocenters. The van der Waals surface area contributed by atoms with Crippen LogP contribution in [0.2, 0.25) is 0 Å². The quantitative estimate of drug-likeness (QED) is 0.846. The number of hydrogen-bond acceptors (Lipinski definition) is 3. The summed E-state index contributed by atoms with van der Waals surface area (Å²) in [7, 11) is -1.37. The van der Waals surface area contributed by atoms with E-state index in [1.165, 1.54) is 6.26 Å². The van der Waals surface area contributed by atoms with Gasteiger partial charge in [-0.2, -0.15) is 0 Å². The standard InChI is InChI=1S/C18H21NO3S/c1-14-7-4-5-9-17(14)12-19(2)18(20)16-10-6-8-15(11-16)13-23(3,21)22/h4-11H,12-13H2,1-3H3. The van der Waals surface area contributed by atoms with Crippen LogP contribution in [-0.2, 0) is 22.1 Å². The van der Waals surface area contributed by atoms with Crippen LogP contribution in [0.15, 0.2) is 48.5 Å². The fraction of sp³-hybridized carbons (Fsp3) is 0.278. The van der Waals surface area contributed by atoms with Gasteiger partial charge in [0.2, 0.25) is 0 Å². The normalized spacial score (nSPS) is 11.3. The summed E-state index contributed by atoms with van der Waals surface area (Å²) < 4.78 is 22.8. The number of carbonyl (C=O) groups excluding carboxylic acids is 1. The van der Waals surface area contributed by atoms with Crippen molar-refractivity contribution in [3.63, 3.8) is 0 Å². The predicted octanol–water partition coefficient (Wildman–Crippen LogP) is 2.81. The number of benzene rings is 2. The summed E-state index contributed by atoms with van der Waals surface area (Å²) in [5.74, 6) is -0.182. The molecule has 23 heavy (non-hydrogen) atoms. The molecule has 0 radical (unpaired) electrons. The van der Waals surface area contributed by atoms with Gasteiger partial charge < -0.3 is 4.90 Å². The molecule has 5 heteroatoms.